The Labute approximate surface area is 108 Å². The Morgan fingerprint density at radius 3 is 2.83 bits per heavy atom. The molecule has 1 atom stereocenters. The predicted molar refractivity (Wildman–Crippen MR) is 73.0 cm³/mol. The molecule has 0 bridgehead atoms. The number of nitrogens with one attached hydrogen (secondary N) is 1. The van der Waals surface area contributed by atoms with Crippen LogP contribution in [0.15, 0.2) is 18.2 Å². The highest BCUT2D eigenvalue weighted by atomic mass is 16.5. The van der Waals surface area contributed by atoms with Gasteiger partial charge in [0.05, 0.1) is 30.6 Å². The molecular formula is C13H22N2O3. The van der Waals surface area contributed by atoms with Crippen LogP contribution in [0.3, 0.4) is 0 Å². The molecule has 1 rings (SSSR count). The smallest absolute Gasteiger partial charge is 0.144 e. The van der Waals surface area contributed by atoms with Crippen LogP contribution in [0.1, 0.15) is 13.3 Å². The summed E-state index contributed by atoms with van der Waals surface area (Å²) in [6.45, 7) is 3.10. The number of hydrogen-bond donors (Lipinski definition) is 3. The number of benzene rings is 1. The first-order valence-electron chi connectivity index (χ1n) is 6.10. The van der Waals surface area contributed by atoms with Gasteiger partial charge in [-0.15, -0.1) is 0 Å². The molecule has 0 amide bonds. The van der Waals surface area contributed by atoms with Gasteiger partial charge in [0.1, 0.15) is 5.75 Å². The van der Waals surface area contributed by atoms with Crippen molar-refractivity contribution < 1.29 is 14.6 Å². The van der Waals surface area contributed by atoms with Crippen LogP contribution in [0.5, 0.6) is 5.75 Å². The van der Waals surface area contributed by atoms with E-state index in [1.807, 2.05) is 25.1 Å². The summed E-state index contributed by atoms with van der Waals surface area (Å²) in [7, 11) is 1.64. The van der Waals surface area contributed by atoms with Crippen LogP contribution in [0.2, 0.25) is 0 Å². The summed E-state index contributed by atoms with van der Waals surface area (Å²) in [6, 6.07) is 5.48. The molecule has 5 nitrogen and oxygen atoms in total. The molecule has 0 saturated heterocycles. The monoisotopic (exact) mass is 254 g/mol. The van der Waals surface area contributed by atoms with Crippen molar-refractivity contribution in [1.82, 2.24) is 0 Å². The van der Waals surface area contributed by atoms with E-state index in [4.69, 9.17) is 15.2 Å². The van der Waals surface area contributed by atoms with Crippen molar-refractivity contribution >= 4 is 11.4 Å². The maximum atomic E-state index is 9.29. The molecule has 0 aliphatic rings. The molecular weight excluding hydrogens is 232 g/mol. The zero-order chi connectivity index (χ0) is 13.4. The summed E-state index contributed by atoms with van der Waals surface area (Å²) in [4.78, 5) is 0. The fourth-order valence-corrected chi connectivity index (χ4v) is 1.64. The molecule has 0 radical (unpaired) electrons. The van der Waals surface area contributed by atoms with Crippen molar-refractivity contribution in [2.75, 3.05) is 38.0 Å². The number of anilines is 2. The van der Waals surface area contributed by atoms with Gasteiger partial charge < -0.3 is 25.6 Å². The van der Waals surface area contributed by atoms with Gasteiger partial charge in [0.2, 0.25) is 0 Å². The molecule has 1 aromatic carbocycles. The van der Waals surface area contributed by atoms with Gasteiger partial charge in [0.25, 0.3) is 0 Å². The molecule has 102 valence electrons. The average molecular weight is 254 g/mol. The summed E-state index contributed by atoms with van der Waals surface area (Å²) >= 11 is 0. The Bertz CT molecular complexity index is 358. The van der Waals surface area contributed by atoms with Crippen molar-refractivity contribution in [1.29, 1.82) is 0 Å². The van der Waals surface area contributed by atoms with E-state index in [0.717, 1.165) is 5.69 Å². The number of ether oxygens (including phenoxy) is 2. The first-order chi connectivity index (χ1) is 8.72. The van der Waals surface area contributed by atoms with E-state index in [1.165, 1.54) is 0 Å². The number of rotatable bonds is 8. The first kappa shape index (κ1) is 14.6. The van der Waals surface area contributed by atoms with Crippen molar-refractivity contribution in [3.8, 4) is 5.75 Å². The van der Waals surface area contributed by atoms with Crippen LogP contribution in [0.4, 0.5) is 11.4 Å². The van der Waals surface area contributed by atoms with Gasteiger partial charge in [-0.3, -0.25) is 0 Å². The third-order valence-electron chi connectivity index (χ3n) is 2.62. The van der Waals surface area contributed by atoms with Gasteiger partial charge in [-0.2, -0.15) is 0 Å². The predicted octanol–water partition coefficient (Wildman–Crippen LogP) is 1.48. The second-order valence-corrected chi connectivity index (χ2v) is 3.96. The number of aliphatic hydroxyl groups is 1. The molecule has 0 aromatic heterocycles. The number of methoxy groups -OCH3 is 1. The number of aliphatic hydroxyl groups excluding tert-OH is 1. The maximum Gasteiger partial charge on any atom is 0.144 e. The van der Waals surface area contributed by atoms with E-state index in [-0.39, 0.29) is 12.6 Å². The summed E-state index contributed by atoms with van der Waals surface area (Å²) in [5.41, 5.74) is 7.34. The minimum Gasteiger partial charge on any atom is -0.492 e. The molecule has 0 saturated carbocycles. The van der Waals surface area contributed by atoms with E-state index < -0.39 is 0 Å². The molecule has 0 spiro atoms. The van der Waals surface area contributed by atoms with E-state index in [0.29, 0.717) is 31.1 Å². The fourth-order valence-electron chi connectivity index (χ4n) is 1.64. The van der Waals surface area contributed by atoms with Gasteiger partial charge in [-0.25, -0.2) is 0 Å². The topological polar surface area (TPSA) is 76.7 Å². The lowest BCUT2D eigenvalue weighted by atomic mass is 10.2. The molecule has 4 N–H and O–H groups in total. The Kier molecular flexibility index (Phi) is 6.32. The summed E-state index contributed by atoms with van der Waals surface area (Å²) in [5.74, 6) is 0.658. The standard InChI is InChI=1S/C13H22N2O3/c1-3-18-12-6-4-5-11(13(12)14)15-10(9-16)7-8-17-2/h4-6,10,15-16H,3,7-9,14H2,1-2H3. The third kappa shape index (κ3) is 4.09. The Hall–Kier alpha value is -1.46. The average Bonchev–Trinajstić information content (AvgIpc) is 2.39. The fraction of sp³-hybridized carbons (Fsp3) is 0.538. The van der Waals surface area contributed by atoms with Crippen LogP contribution in [-0.4, -0.2) is 38.1 Å². The molecule has 0 aliphatic carbocycles. The quantitative estimate of drug-likeness (QED) is 0.612. The molecule has 1 unspecified atom stereocenters. The number of hydrogen-bond acceptors (Lipinski definition) is 5. The zero-order valence-electron chi connectivity index (χ0n) is 11.0. The van der Waals surface area contributed by atoms with E-state index >= 15 is 0 Å². The molecule has 5 heteroatoms. The SMILES string of the molecule is CCOc1cccc(NC(CO)CCOC)c1N. The molecule has 0 aliphatic heterocycles. The number of nitrogen functional groups attached to an aromatic ring is 1. The molecule has 18 heavy (non-hydrogen) atoms. The number of nitrogens with two attached hydrogens (primary N) is 1. The second-order valence-electron chi connectivity index (χ2n) is 3.96. The highest BCUT2D eigenvalue weighted by Gasteiger charge is 2.11. The summed E-state index contributed by atoms with van der Waals surface area (Å²) in [5, 5.41) is 12.5. The van der Waals surface area contributed by atoms with Crippen LogP contribution in [-0.2, 0) is 4.74 Å². The van der Waals surface area contributed by atoms with Crippen molar-refractivity contribution in [3.05, 3.63) is 18.2 Å². The lowest BCUT2D eigenvalue weighted by molar-refractivity contribution is 0.174. The molecule has 0 heterocycles. The Morgan fingerprint density at radius 1 is 1.44 bits per heavy atom. The first-order valence-corrected chi connectivity index (χ1v) is 6.10. The highest BCUT2D eigenvalue weighted by molar-refractivity contribution is 5.73. The normalized spacial score (nSPS) is 12.2. The van der Waals surface area contributed by atoms with Crippen LogP contribution in [0.25, 0.3) is 0 Å². The molecule has 1 aromatic rings. The van der Waals surface area contributed by atoms with E-state index in [9.17, 15) is 5.11 Å². The summed E-state index contributed by atoms with van der Waals surface area (Å²) in [6.07, 6.45) is 0.714. The zero-order valence-corrected chi connectivity index (χ0v) is 11.0. The van der Waals surface area contributed by atoms with Gasteiger partial charge >= 0.3 is 0 Å². The van der Waals surface area contributed by atoms with Gasteiger partial charge in [-0.1, -0.05) is 6.07 Å². The Morgan fingerprint density at radius 2 is 2.22 bits per heavy atom. The van der Waals surface area contributed by atoms with Crippen LogP contribution >= 0.6 is 0 Å². The van der Waals surface area contributed by atoms with E-state index in [1.54, 1.807) is 7.11 Å². The van der Waals surface area contributed by atoms with Crippen LogP contribution in [0, 0.1) is 0 Å². The maximum absolute atomic E-state index is 9.29. The number of para-hydroxylation sites is 1. The van der Waals surface area contributed by atoms with Crippen LogP contribution < -0.4 is 15.8 Å². The molecule has 0 fully saturated rings. The third-order valence-corrected chi connectivity index (χ3v) is 2.62. The van der Waals surface area contributed by atoms with Gasteiger partial charge in [0, 0.05) is 13.7 Å². The largest absolute Gasteiger partial charge is 0.492 e. The minimum absolute atomic E-state index is 0.0294. The lowest BCUT2D eigenvalue weighted by Crippen LogP contribution is -2.25. The summed E-state index contributed by atoms with van der Waals surface area (Å²) < 4.78 is 10.4. The van der Waals surface area contributed by atoms with E-state index in [2.05, 4.69) is 5.32 Å². The lowest BCUT2D eigenvalue weighted by Gasteiger charge is -2.19. The Balaban J connectivity index is 2.73. The van der Waals surface area contributed by atoms with Gasteiger partial charge in [-0.05, 0) is 25.5 Å². The van der Waals surface area contributed by atoms with Crippen molar-refractivity contribution in [2.24, 2.45) is 0 Å². The van der Waals surface area contributed by atoms with Crippen molar-refractivity contribution in [2.45, 2.75) is 19.4 Å². The highest BCUT2D eigenvalue weighted by Crippen LogP contribution is 2.29. The second kappa shape index (κ2) is 7.79. The van der Waals surface area contributed by atoms with Gasteiger partial charge in [0.15, 0.2) is 0 Å². The minimum atomic E-state index is -0.0795. The van der Waals surface area contributed by atoms with Crippen molar-refractivity contribution in [3.63, 3.8) is 0 Å².